The monoisotopic (exact) mass is 236 g/mol. The fourth-order valence-electron chi connectivity index (χ4n) is 1.34. The molecule has 6 nitrogen and oxygen atoms in total. The number of nitro benzene ring substituents is 1. The number of carbonyl (C=O) groups is 1. The van der Waals surface area contributed by atoms with Crippen LogP contribution in [0.5, 0.6) is 5.75 Å². The zero-order valence-electron chi connectivity index (χ0n) is 9.29. The topological polar surface area (TPSA) is 83.7 Å². The van der Waals surface area contributed by atoms with Crippen LogP contribution in [0.4, 0.5) is 5.69 Å². The van der Waals surface area contributed by atoms with Crippen LogP contribution in [0.3, 0.4) is 0 Å². The Kier molecular flexibility index (Phi) is 3.82. The number of nitro groups is 1. The molecule has 0 radical (unpaired) electrons. The van der Waals surface area contributed by atoms with Crippen LogP contribution in [-0.4, -0.2) is 34.4 Å². The number of phenols is 1. The Labute approximate surface area is 97.9 Å². The molecule has 0 aliphatic heterocycles. The van der Waals surface area contributed by atoms with E-state index in [1.54, 1.807) is 0 Å². The van der Waals surface area contributed by atoms with Crippen molar-refractivity contribution in [3.63, 3.8) is 0 Å². The van der Waals surface area contributed by atoms with Crippen molar-refractivity contribution >= 4 is 11.6 Å². The summed E-state index contributed by atoms with van der Waals surface area (Å²) in [5, 5.41) is 20.0. The maximum absolute atomic E-state index is 11.9. The number of amides is 1. The average Bonchev–Trinajstić information content (AvgIpc) is 2.27. The van der Waals surface area contributed by atoms with E-state index in [4.69, 9.17) is 0 Å². The molecule has 1 aromatic carbocycles. The molecule has 0 heterocycles. The van der Waals surface area contributed by atoms with Crippen LogP contribution in [0.15, 0.2) is 30.9 Å². The molecule has 1 N–H and O–H groups in total. The Balaban J connectivity index is 3.19. The number of hydrogen-bond donors (Lipinski definition) is 1. The first-order valence-corrected chi connectivity index (χ1v) is 4.81. The molecule has 0 saturated carbocycles. The van der Waals surface area contributed by atoms with Crippen molar-refractivity contribution in [2.24, 2.45) is 0 Å². The summed E-state index contributed by atoms with van der Waals surface area (Å²) in [6.45, 7) is 3.74. The van der Waals surface area contributed by atoms with E-state index in [-0.39, 0.29) is 23.5 Å². The first kappa shape index (κ1) is 12.7. The summed E-state index contributed by atoms with van der Waals surface area (Å²) in [5.41, 5.74) is -0.469. The number of phenolic OH excluding ortho intramolecular Hbond substituents is 1. The molecule has 0 spiro atoms. The highest BCUT2D eigenvalue weighted by Crippen LogP contribution is 2.24. The minimum absolute atomic E-state index is 0.139. The summed E-state index contributed by atoms with van der Waals surface area (Å²) < 4.78 is 0. The van der Waals surface area contributed by atoms with Gasteiger partial charge >= 0.3 is 0 Å². The van der Waals surface area contributed by atoms with E-state index in [0.29, 0.717) is 0 Å². The third kappa shape index (κ3) is 2.81. The number of aromatic hydroxyl groups is 1. The summed E-state index contributed by atoms with van der Waals surface area (Å²) in [7, 11) is 1.50. The molecule has 0 fully saturated rings. The Morgan fingerprint density at radius 1 is 1.65 bits per heavy atom. The van der Waals surface area contributed by atoms with Crippen LogP contribution in [0.1, 0.15) is 10.4 Å². The molecule has 0 aliphatic carbocycles. The lowest BCUT2D eigenvalue weighted by molar-refractivity contribution is -0.385. The van der Waals surface area contributed by atoms with E-state index in [0.717, 1.165) is 12.1 Å². The number of likely N-dealkylation sites (N-methyl/N-ethyl adjacent to an activating group) is 1. The number of rotatable bonds is 4. The molecule has 90 valence electrons. The molecule has 0 saturated heterocycles. The van der Waals surface area contributed by atoms with Crippen molar-refractivity contribution in [1.82, 2.24) is 4.90 Å². The Hall–Kier alpha value is -2.37. The predicted octanol–water partition coefficient (Wildman–Crippen LogP) is 1.56. The number of benzene rings is 1. The van der Waals surface area contributed by atoms with Gasteiger partial charge in [0.2, 0.25) is 0 Å². The molecule has 0 aromatic heterocycles. The van der Waals surface area contributed by atoms with Gasteiger partial charge < -0.3 is 10.0 Å². The first-order chi connectivity index (χ1) is 7.97. The van der Waals surface area contributed by atoms with E-state index in [2.05, 4.69) is 6.58 Å². The van der Waals surface area contributed by atoms with Crippen molar-refractivity contribution in [3.05, 3.63) is 46.5 Å². The van der Waals surface area contributed by atoms with Gasteiger partial charge in [0.1, 0.15) is 11.3 Å². The number of nitrogens with zero attached hydrogens (tertiary/aromatic N) is 2. The maximum Gasteiger partial charge on any atom is 0.282 e. The summed E-state index contributed by atoms with van der Waals surface area (Å²) in [5.74, 6) is -0.724. The van der Waals surface area contributed by atoms with E-state index < -0.39 is 10.8 Å². The second-order valence-corrected chi connectivity index (χ2v) is 3.43. The Bertz CT molecular complexity index is 471. The van der Waals surface area contributed by atoms with Crippen molar-refractivity contribution in [1.29, 1.82) is 0 Å². The van der Waals surface area contributed by atoms with Gasteiger partial charge in [-0.25, -0.2) is 0 Å². The smallest absolute Gasteiger partial charge is 0.282 e. The minimum Gasteiger partial charge on any atom is -0.508 e. The number of hydrogen-bond acceptors (Lipinski definition) is 4. The fraction of sp³-hybridized carbons (Fsp3) is 0.182. The minimum atomic E-state index is -0.658. The van der Waals surface area contributed by atoms with Gasteiger partial charge in [-0.05, 0) is 12.1 Å². The lowest BCUT2D eigenvalue weighted by Gasteiger charge is -2.14. The van der Waals surface area contributed by atoms with E-state index in [1.165, 1.54) is 24.1 Å². The number of carbonyl (C=O) groups excluding carboxylic acids is 1. The van der Waals surface area contributed by atoms with Crippen molar-refractivity contribution < 1.29 is 14.8 Å². The second-order valence-electron chi connectivity index (χ2n) is 3.43. The molecule has 0 unspecified atom stereocenters. The highest BCUT2D eigenvalue weighted by molar-refractivity contribution is 5.98. The highest BCUT2D eigenvalue weighted by atomic mass is 16.6. The molecule has 0 bridgehead atoms. The average molecular weight is 236 g/mol. The lowest BCUT2D eigenvalue weighted by atomic mass is 10.1. The maximum atomic E-state index is 11.9. The van der Waals surface area contributed by atoms with Crippen LogP contribution in [-0.2, 0) is 0 Å². The van der Waals surface area contributed by atoms with Crippen molar-refractivity contribution in [2.45, 2.75) is 0 Å². The Morgan fingerprint density at radius 2 is 2.29 bits per heavy atom. The van der Waals surface area contributed by atoms with Gasteiger partial charge in [-0.3, -0.25) is 14.9 Å². The van der Waals surface area contributed by atoms with Gasteiger partial charge in [-0.1, -0.05) is 6.08 Å². The summed E-state index contributed by atoms with van der Waals surface area (Å²) in [6.07, 6.45) is 1.51. The molecule has 0 aliphatic rings. The van der Waals surface area contributed by atoms with E-state index >= 15 is 0 Å². The molecule has 1 aromatic rings. The molecule has 1 rings (SSSR count). The zero-order valence-corrected chi connectivity index (χ0v) is 9.29. The molecule has 17 heavy (non-hydrogen) atoms. The van der Waals surface area contributed by atoms with Crippen molar-refractivity contribution in [3.8, 4) is 5.75 Å². The lowest BCUT2D eigenvalue weighted by Crippen LogP contribution is -2.27. The molecule has 1 amide bonds. The predicted molar refractivity (Wildman–Crippen MR) is 61.9 cm³/mol. The summed E-state index contributed by atoms with van der Waals surface area (Å²) in [4.78, 5) is 23.2. The standard InChI is InChI=1S/C11H12N2O4/c1-3-6-12(2)11(15)9-7-8(14)4-5-10(9)13(16)17/h3-5,7,14H,1,6H2,2H3. The van der Waals surface area contributed by atoms with E-state index in [1.807, 2.05) is 0 Å². The van der Waals surface area contributed by atoms with Crippen molar-refractivity contribution in [2.75, 3.05) is 13.6 Å². The van der Waals surface area contributed by atoms with Gasteiger partial charge in [0, 0.05) is 19.7 Å². The summed E-state index contributed by atoms with van der Waals surface area (Å²) >= 11 is 0. The van der Waals surface area contributed by atoms with Crippen LogP contribution >= 0.6 is 0 Å². The highest BCUT2D eigenvalue weighted by Gasteiger charge is 2.22. The third-order valence-electron chi connectivity index (χ3n) is 2.16. The second kappa shape index (κ2) is 5.11. The molecular weight excluding hydrogens is 224 g/mol. The van der Waals surface area contributed by atoms with Gasteiger partial charge in [-0.2, -0.15) is 0 Å². The fourth-order valence-corrected chi connectivity index (χ4v) is 1.34. The molecular formula is C11H12N2O4. The largest absolute Gasteiger partial charge is 0.508 e. The normalized spacial score (nSPS) is 9.71. The van der Waals surface area contributed by atoms with Gasteiger partial charge in [0.25, 0.3) is 11.6 Å². The Morgan fingerprint density at radius 3 is 2.82 bits per heavy atom. The SMILES string of the molecule is C=CCN(C)C(=O)c1cc(O)ccc1[N+](=O)[O-]. The quantitative estimate of drug-likeness (QED) is 0.488. The first-order valence-electron chi connectivity index (χ1n) is 4.81. The molecule has 0 atom stereocenters. The van der Waals surface area contributed by atoms with Crippen LogP contribution in [0.25, 0.3) is 0 Å². The van der Waals surface area contributed by atoms with Gasteiger partial charge in [0.15, 0.2) is 0 Å². The van der Waals surface area contributed by atoms with Gasteiger partial charge in [-0.15, -0.1) is 6.58 Å². The van der Waals surface area contributed by atoms with E-state index in [9.17, 15) is 20.0 Å². The summed E-state index contributed by atoms with van der Waals surface area (Å²) in [6, 6.07) is 3.35. The third-order valence-corrected chi connectivity index (χ3v) is 2.16. The van der Waals surface area contributed by atoms with Crippen LogP contribution < -0.4 is 0 Å². The molecule has 6 heteroatoms. The van der Waals surface area contributed by atoms with Crippen LogP contribution in [0.2, 0.25) is 0 Å². The zero-order chi connectivity index (χ0) is 13.0. The van der Waals surface area contributed by atoms with Gasteiger partial charge in [0.05, 0.1) is 4.92 Å². The van der Waals surface area contributed by atoms with Crippen LogP contribution in [0, 0.1) is 10.1 Å².